The summed E-state index contributed by atoms with van der Waals surface area (Å²) < 4.78 is 16.8. The summed E-state index contributed by atoms with van der Waals surface area (Å²) in [5.74, 6) is 0. The molecule has 1 radical (unpaired) electrons. The van der Waals surface area contributed by atoms with Gasteiger partial charge in [0.15, 0.2) is 0 Å². The predicted octanol–water partition coefficient (Wildman–Crippen LogP) is 0.351. The molecule has 0 saturated heterocycles. The average molecular weight is 171 g/mol. The molecule has 0 atom stereocenters. The van der Waals surface area contributed by atoms with E-state index < -0.39 is 8.34 Å². The Hall–Kier alpha value is 1.00. The second-order valence-corrected chi connectivity index (χ2v) is 0.250. The first-order valence-corrected chi connectivity index (χ1v) is 1.22. The molecule has 0 unspecified atom stereocenters. The zero-order valence-corrected chi connectivity index (χ0v) is 5.62. The van der Waals surface area contributed by atoms with E-state index in [0.29, 0.717) is 0 Å². The topological polar surface area (TPSA) is 34.1 Å². The number of rotatable bonds is 0. The third-order valence-corrected chi connectivity index (χ3v) is 0. The van der Waals surface area contributed by atoms with Crippen molar-refractivity contribution in [3.05, 3.63) is 0 Å². The van der Waals surface area contributed by atoms with E-state index in [1.807, 2.05) is 0 Å². The quantitative estimate of drug-likeness (QED) is 0.389. The van der Waals surface area contributed by atoms with Gasteiger partial charge in [0.1, 0.15) is 0 Å². The Balaban J connectivity index is -0.0000000200. The summed E-state index contributed by atoms with van der Waals surface area (Å²) in [4.78, 5) is 0. The zero-order chi connectivity index (χ0) is 2.71. The van der Waals surface area contributed by atoms with Crippen LogP contribution in [0.25, 0.3) is 0 Å². The van der Waals surface area contributed by atoms with Crippen LogP contribution in [0.15, 0.2) is 0 Å². The fourth-order valence-corrected chi connectivity index (χ4v) is 0. The number of hydrogen-bond acceptors (Lipinski definition) is 2. The molecule has 0 aliphatic rings. The van der Waals surface area contributed by atoms with Gasteiger partial charge in [0.25, 0.3) is 0 Å². The molecule has 0 amide bonds. The second kappa shape index (κ2) is 20.0. The fourth-order valence-electron chi connectivity index (χ4n) is 0. The fraction of sp³-hybridized carbons (Fsp3) is 0. The van der Waals surface area contributed by atoms with Gasteiger partial charge < -0.3 is 0 Å². The molecule has 0 rings (SSSR count). The van der Waals surface area contributed by atoms with Crippen molar-refractivity contribution in [3.63, 3.8) is 0 Å². The molecule has 0 fully saturated rings. The summed E-state index contributed by atoms with van der Waals surface area (Å²) in [7, 11) is -1.42. The van der Waals surface area contributed by atoms with Gasteiger partial charge in [-0.2, -0.15) is 0 Å². The van der Waals surface area contributed by atoms with Gasteiger partial charge in [-0.1, -0.05) is 0 Å². The third-order valence-electron chi connectivity index (χ3n) is 0. The van der Waals surface area contributed by atoms with Gasteiger partial charge in [0.2, 0.25) is 0 Å². The molecule has 31 valence electrons. The molecule has 0 aromatic heterocycles. The van der Waals surface area contributed by atoms with Crippen molar-refractivity contribution in [1.29, 1.82) is 0 Å². The maximum atomic E-state index is 8.40. The molecule has 5 heteroatoms. The minimum absolute atomic E-state index is 0. The third kappa shape index (κ3) is 44.8. The van der Waals surface area contributed by atoms with Gasteiger partial charge >= 0.3 is 8.34 Å². The van der Waals surface area contributed by atoms with Crippen LogP contribution in [0.5, 0.6) is 0 Å². The van der Waals surface area contributed by atoms with Crippen LogP contribution in [0.3, 0.4) is 0 Å². The molecular formula is HFeO2PV. The van der Waals surface area contributed by atoms with Gasteiger partial charge in [-0.15, -0.1) is 0 Å². The van der Waals surface area contributed by atoms with Crippen molar-refractivity contribution < 1.29 is 44.8 Å². The van der Waals surface area contributed by atoms with Gasteiger partial charge in [-0.25, -0.2) is 9.13 Å². The van der Waals surface area contributed by atoms with E-state index in [2.05, 4.69) is 0 Å². The Labute approximate surface area is 53.3 Å². The molecule has 0 bridgehead atoms. The molecule has 0 aromatic rings. The Morgan fingerprint density at radius 3 is 1.20 bits per heavy atom. The van der Waals surface area contributed by atoms with Gasteiger partial charge in [-0.05, 0) is 0 Å². The molecular weight excluding hydrogens is 170 g/mol. The van der Waals surface area contributed by atoms with Crippen LogP contribution in [0.1, 0.15) is 0 Å². The van der Waals surface area contributed by atoms with Crippen molar-refractivity contribution in [1.82, 2.24) is 0 Å². The van der Waals surface area contributed by atoms with Crippen molar-refractivity contribution in [3.8, 4) is 0 Å². The summed E-state index contributed by atoms with van der Waals surface area (Å²) >= 11 is 0. The molecule has 0 aromatic carbocycles. The Morgan fingerprint density at radius 2 is 1.20 bits per heavy atom. The summed E-state index contributed by atoms with van der Waals surface area (Å²) in [5, 5.41) is 0. The van der Waals surface area contributed by atoms with Crippen molar-refractivity contribution >= 4 is 8.34 Å². The molecule has 0 aliphatic heterocycles. The zero-order valence-electron chi connectivity index (χ0n) is 2.12. The smallest absolute Gasteiger partial charge is 0.241 e. The van der Waals surface area contributed by atoms with E-state index in [0.717, 1.165) is 0 Å². The maximum Gasteiger partial charge on any atom is 0.303 e. The Bertz CT molecular complexity index is 30.6. The van der Waals surface area contributed by atoms with Gasteiger partial charge in [0.05, 0.1) is 0 Å². The summed E-state index contributed by atoms with van der Waals surface area (Å²) in [6.07, 6.45) is 0. The van der Waals surface area contributed by atoms with Crippen LogP contribution in [0, 0.1) is 0 Å². The Kier molecular flexibility index (Phi) is 66.6. The average Bonchev–Trinajstić information content (AvgIpc) is 0.918. The molecule has 2 nitrogen and oxygen atoms in total. The normalized spacial score (nSPS) is 2.40. The predicted molar refractivity (Wildman–Crippen MR) is 9.69 cm³/mol. The SMILES string of the molecule is O=[PH]=O.[Fe].[V]. The summed E-state index contributed by atoms with van der Waals surface area (Å²) in [5.41, 5.74) is 0. The van der Waals surface area contributed by atoms with Crippen LogP contribution in [0.2, 0.25) is 0 Å². The van der Waals surface area contributed by atoms with E-state index in [9.17, 15) is 0 Å². The van der Waals surface area contributed by atoms with Crippen molar-refractivity contribution in [2.24, 2.45) is 0 Å². The molecule has 0 spiro atoms. The maximum absolute atomic E-state index is 8.40. The van der Waals surface area contributed by atoms with Crippen LogP contribution >= 0.6 is 8.34 Å². The molecule has 5 heavy (non-hydrogen) atoms. The van der Waals surface area contributed by atoms with Gasteiger partial charge in [0, 0.05) is 35.6 Å². The van der Waals surface area contributed by atoms with Crippen molar-refractivity contribution in [2.75, 3.05) is 0 Å². The van der Waals surface area contributed by atoms with E-state index >= 15 is 0 Å². The van der Waals surface area contributed by atoms with Gasteiger partial charge in [-0.3, -0.25) is 0 Å². The standard InChI is InChI=1S/Fe.HO2P.V/c;1-3-2;/h;3H;. The van der Waals surface area contributed by atoms with E-state index in [-0.39, 0.29) is 35.6 Å². The Morgan fingerprint density at radius 1 is 1.20 bits per heavy atom. The first-order chi connectivity index (χ1) is 1.41. The van der Waals surface area contributed by atoms with Crippen LogP contribution in [-0.4, -0.2) is 0 Å². The van der Waals surface area contributed by atoms with E-state index in [4.69, 9.17) is 9.13 Å². The summed E-state index contributed by atoms with van der Waals surface area (Å²) in [6, 6.07) is 0. The van der Waals surface area contributed by atoms with E-state index in [1.165, 1.54) is 0 Å². The monoisotopic (exact) mass is 171 g/mol. The van der Waals surface area contributed by atoms with E-state index in [1.54, 1.807) is 0 Å². The van der Waals surface area contributed by atoms with Crippen LogP contribution in [0.4, 0.5) is 0 Å². The minimum atomic E-state index is -1.42. The van der Waals surface area contributed by atoms with Crippen LogP contribution < -0.4 is 0 Å². The minimum Gasteiger partial charge on any atom is -0.241 e. The molecule has 0 heterocycles. The largest absolute Gasteiger partial charge is 0.303 e. The molecule has 0 aliphatic carbocycles. The first kappa shape index (κ1) is 16.7. The molecule has 0 saturated carbocycles. The number of hydrogen-bond donors (Lipinski definition) is 0. The summed E-state index contributed by atoms with van der Waals surface area (Å²) in [6.45, 7) is 0. The van der Waals surface area contributed by atoms with Crippen LogP contribution in [-0.2, 0) is 44.8 Å². The molecule has 0 N–H and O–H groups in total. The first-order valence-electron chi connectivity index (χ1n) is 0.408. The second-order valence-electron chi connectivity index (χ2n) is 0.0833. The van der Waals surface area contributed by atoms with Crippen molar-refractivity contribution in [2.45, 2.75) is 0 Å².